The molecule has 1 aliphatic carbocycles. The number of nitrogens with zero attached hydrogens (tertiary/aromatic N) is 6. The standard InChI is InChI=1S/C25H20ClN7OS/c1-31-11-15(10-27)8-20(31)22-21-23(32(12-14-2-3-14)25(34)29-24(21)35)30-33(22)13-16-6-7-28-19-5-4-17(26)9-18(16)19/h4-9,11,14H,2-3,12-13H2,1H3,(H,29,34,35). The SMILES string of the molecule is Cn1cc(C#N)cc1-c1c2c(=S)[nH]c(=O)n(CC3CC3)c2nn1Cc1ccnc2ccc(Cl)cc12. The number of hydrogen-bond donors (Lipinski definition) is 1. The van der Waals surface area contributed by atoms with E-state index >= 15 is 0 Å². The molecule has 0 saturated heterocycles. The van der Waals surface area contributed by atoms with E-state index in [4.69, 9.17) is 28.9 Å². The van der Waals surface area contributed by atoms with Crippen molar-refractivity contribution in [2.45, 2.75) is 25.9 Å². The van der Waals surface area contributed by atoms with Crippen LogP contribution in [0.25, 0.3) is 33.3 Å². The third kappa shape index (κ3) is 3.75. The van der Waals surface area contributed by atoms with E-state index in [0.29, 0.717) is 45.3 Å². The maximum Gasteiger partial charge on any atom is 0.328 e. The molecule has 1 aliphatic rings. The lowest BCUT2D eigenvalue weighted by Gasteiger charge is -2.11. The van der Waals surface area contributed by atoms with Crippen LogP contribution in [0.3, 0.4) is 0 Å². The number of aromatic nitrogens is 6. The van der Waals surface area contributed by atoms with Gasteiger partial charge in [0.1, 0.15) is 10.7 Å². The van der Waals surface area contributed by atoms with Gasteiger partial charge in [-0.25, -0.2) is 4.79 Å². The number of halogens is 1. The van der Waals surface area contributed by atoms with Crippen molar-refractivity contribution < 1.29 is 0 Å². The highest BCUT2D eigenvalue weighted by molar-refractivity contribution is 7.71. The zero-order valence-corrected chi connectivity index (χ0v) is 20.4. The summed E-state index contributed by atoms with van der Waals surface area (Å²) in [6.45, 7) is 1.01. The topological polar surface area (TPSA) is 97.2 Å². The lowest BCUT2D eigenvalue weighted by molar-refractivity contribution is 0.599. The van der Waals surface area contributed by atoms with E-state index in [9.17, 15) is 10.1 Å². The Balaban J connectivity index is 1.64. The molecule has 0 spiro atoms. The van der Waals surface area contributed by atoms with E-state index in [0.717, 1.165) is 40.7 Å². The lowest BCUT2D eigenvalue weighted by atomic mass is 10.1. The molecular weight excluding hydrogens is 482 g/mol. The van der Waals surface area contributed by atoms with Gasteiger partial charge < -0.3 is 4.57 Å². The molecule has 4 heterocycles. The van der Waals surface area contributed by atoms with E-state index in [1.54, 1.807) is 17.0 Å². The Kier molecular flexibility index (Phi) is 5.09. The van der Waals surface area contributed by atoms with Gasteiger partial charge in [-0.2, -0.15) is 10.4 Å². The first-order valence-corrected chi connectivity index (χ1v) is 12.0. The van der Waals surface area contributed by atoms with E-state index in [-0.39, 0.29) is 5.69 Å². The summed E-state index contributed by atoms with van der Waals surface area (Å²) in [6.07, 6.45) is 5.74. The Morgan fingerprint density at radius 3 is 2.86 bits per heavy atom. The summed E-state index contributed by atoms with van der Waals surface area (Å²) in [5.41, 5.74) is 4.18. The number of nitrogens with one attached hydrogen (secondary N) is 1. The molecule has 174 valence electrons. The average Bonchev–Trinajstić information content (AvgIpc) is 3.47. The van der Waals surface area contributed by atoms with E-state index in [1.807, 2.05) is 46.6 Å². The van der Waals surface area contributed by atoms with Crippen molar-refractivity contribution in [1.29, 1.82) is 5.26 Å². The number of rotatable bonds is 5. The predicted molar refractivity (Wildman–Crippen MR) is 137 cm³/mol. The molecule has 0 amide bonds. The largest absolute Gasteiger partial charge is 0.348 e. The highest BCUT2D eigenvalue weighted by Crippen LogP contribution is 2.34. The van der Waals surface area contributed by atoms with Crippen molar-refractivity contribution in [3.63, 3.8) is 0 Å². The van der Waals surface area contributed by atoms with Crippen LogP contribution in [0.4, 0.5) is 0 Å². The first-order valence-electron chi connectivity index (χ1n) is 11.3. The molecule has 5 aromatic rings. The summed E-state index contributed by atoms with van der Waals surface area (Å²) in [5, 5.41) is 16.7. The summed E-state index contributed by atoms with van der Waals surface area (Å²) < 4.78 is 5.78. The summed E-state index contributed by atoms with van der Waals surface area (Å²) in [7, 11) is 1.88. The van der Waals surface area contributed by atoms with E-state index in [2.05, 4.69) is 16.0 Å². The predicted octanol–water partition coefficient (Wildman–Crippen LogP) is 4.79. The van der Waals surface area contributed by atoms with Crippen LogP contribution >= 0.6 is 23.8 Å². The molecule has 0 unspecified atom stereocenters. The second kappa shape index (κ2) is 8.18. The van der Waals surface area contributed by atoms with Gasteiger partial charge in [0, 0.05) is 36.4 Å². The molecular formula is C25H20ClN7OS. The van der Waals surface area contributed by atoms with Gasteiger partial charge >= 0.3 is 5.69 Å². The average molecular weight is 502 g/mol. The van der Waals surface area contributed by atoms with Crippen molar-refractivity contribution in [3.05, 3.63) is 74.0 Å². The third-order valence-corrected chi connectivity index (χ3v) is 7.05. The summed E-state index contributed by atoms with van der Waals surface area (Å²) >= 11 is 11.9. The van der Waals surface area contributed by atoms with Gasteiger partial charge in [-0.1, -0.05) is 23.8 Å². The number of aromatic amines is 1. The number of aryl methyl sites for hydroxylation is 1. The van der Waals surface area contributed by atoms with Crippen LogP contribution < -0.4 is 5.69 Å². The van der Waals surface area contributed by atoms with Crippen molar-refractivity contribution in [1.82, 2.24) is 28.9 Å². The molecule has 10 heteroatoms. The summed E-state index contributed by atoms with van der Waals surface area (Å²) in [6, 6.07) is 11.6. The minimum Gasteiger partial charge on any atom is -0.348 e. The number of fused-ring (bicyclic) bond motifs is 2. The fourth-order valence-corrected chi connectivity index (χ4v) is 5.06. The van der Waals surface area contributed by atoms with Gasteiger partial charge in [-0.3, -0.25) is 19.2 Å². The van der Waals surface area contributed by atoms with Crippen LogP contribution in [0.5, 0.6) is 0 Å². The van der Waals surface area contributed by atoms with Crippen LogP contribution in [0.2, 0.25) is 5.02 Å². The number of H-pyrrole nitrogens is 1. The summed E-state index contributed by atoms with van der Waals surface area (Å²) in [5.74, 6) is 0.473. The van der Waals surface area contributed by atoms with Gasteiger partial charge in [0.15, 0.2) is 5.65 Å². The first-order chi connectivity index (χ1) is 16.9. The lowest BCUT2D eigenvalue weighted by Crippen LogP contribution is -2.24. The molecule has 35 heavy (non-hydrogen) atoms. The Bertz CT molecular complexity index is 1800. The van der Waals surface area contributed by atoms with Gasteiger partial charge in [-0.15, -0.1) is 0 Å². The van der Waals surface area contributed by atoms with Gasteiger partial charge in [-0.05, 0) is 54.7 Å². The molecule has 1 aromatic carbocycles. The highest BCUT2D eigenvalue weighted by Gasteiger charge is 2.26. The fourth-order valence-electron chi connectivity index (χ4n) is 4.61. The van der Waals surface area contributed by atoms with Gasteiger partial charge in [0.2, 0.25) is 0 Å². The molecule has 6 rings (SSSR count). The monoisotopic (exact) mass is 501 g/mol. The van der Waals surface area contributed by atoms with E-state index < -0.39 is 0 Å². The molecule has 0 bridgehead atoms. The smallest absolute Gasteiger partial charge is 0.328 e. The van der Waals surface area contributed by atoms with Gasteiger partial charge in [0.05, 0.1) is 34.4 Å². The number of pyridine rings is 1. The van der Waals surface area contributed by atoms with Gasteiger partial charge in [0.25, 0.3) is 0 Å². The van der Waals surface area contributed by atoms with Crippen LogP contribution in [0.15, 0.2) is 47.5 Å². The summed E-state index contributed by atoms with van der Waals surface area (Å²) in [4.78, 5) is 20.2. The zero-order chi connectivity index (χ0) is 24.3. The maximum absolute atomic E-state index is 12.9. The zero-order valence-electron chi connectivity index (χ0n) is 18.8. The first kappa shape index (κ1) is 21.8. The highest BCUT2D eigenvalue weighted by atomic mass is 35.5. The Hall–Kier alpha value is -3.74. The van der Waals surface area contributed by atoms with Crippen LogP contribution in [0.1, 0.15) is 24.0 Å². The van der Waals surface area contributed by atoms with Crippen molar-refractivity contribution in [2.75, 3.05) is 0 Å². The molecule has 8 nitrogen and oxygen atoms in total. The Morgan fingerprint density at radius 2 is 2.11 bits per heavy atom. The quantitative estimate of drug-likeness (QED) is 0.349. The molecule has 0 radical (unpaired) electrons. The Morgan fingerprint density at radius 1 is 1.29 bits per heavy atom. The normalized spacial score (nSPS) is 13.5. The van der Waals surface area contributed by atoms with Crippen LogP contribution in [0, 0.1) is 21.9 Å². The minimum absolute atomic E-state index is 0.253. The molecule has 1 fully saturated rings. The molecule has 0 atom stereocenters. The number of nitriles is 1. The second-order valence-electron chi connectivity index (χ2n) is 8.99. The molecule has 1 saturated carbocycles. The second-order valence-corrected chi connectivity index (χ2v) is 9.83. The molecule has 0 aliphatic heterocycles. The molecule has 1 N–H and O–H groups in total. The third-order valence-electron chi connectivity index (χ3n) is 6.51. The van der Waals surface area contributed by atoms with Crippen LogP contribution in [-0.2, 0) is 20.1 Å². The van der Waals surface area contributed by atoms with E-state index in [1.165, 1.54) is 0 Å². The minimum atomic E-state index is -0.253. The van der Waals surface area contributed by atoms with Crippen molar-refractivity contribution in [3.8, 4) is 17.5 Å². The number of benzene rings is 1. The van der Waals surface area contributed by atoms with Crippen molar-refractivity contribution in [2.24, 2.45) is 13.0 Å². The fraction of sp³-hybridized carbons (Fsp3) is 0.240. The Labute approximate surface area is 210 Å². The maximum atomic E-state index is 12.9. The van der Waals surface area contributed by atoms with Crippen molar-refractivity contribution >= 4 is 45.8 Å². The van der Waals surface area contributed by atoms with Crippen LogP contribution in [-0.4, -0.2) is 28.9 Å². The molecule has 4 aromatic heterocycles. The number of hydrogen-bond acceptors (Lipinski definition) is 5.